The lowest BCUT2D eigenvalue weighted by molar-refractivity contribution is 1.02. The third kappa shape index (κ3) is 3.19. The van der Waals surface area contributed by atoms with Crippen LogP contribution in [0.3, 0.4) is 0 Å². The summed E-state index contributed by atoms with van der Waals surface area (Å²) in [6.45, 7) is 6.63. The third-order valence-corrected chi connectivity index (χ3v) is 2.24. The predicted molar refractivity (Wildman–Crippen MR) is 60.0 cm³/mol. The third-order valence-electron chi connectivity index (χ3n) is 2.24. The molecular weight excluding hydrogens is 158 g/mol. The van der Waals surface area contributed by atoms with E-state index in [-0.39, 0.29) is 0 Å². The first-order valence-corrected chi connectivity index (χ1v) is 4.94. The second-order valence-corrected chi connectivity index (χ2v) is 2.92. The van der Waals surface area contributed by atoms with Gasteiger partial charge in [0.05, 0.1) is 0 Å². The van der Waals surface area contributed by atoms with Crippen molar-refractivity contribution in [3.63, 3.8) is 0 Å². The smallest absolute Gasteiger partial charge is 0.0195 e. The number of benzene rings is 1. The van der Waals surface area contributed by atoms with Gasteiger partial charge in [-0.2, -0.15) is 0 Å². The Morgan fingerprint density at radius 2 is 1.69 bits per heavy atom. The highest BCUT2D eigenvalue weighted by atomic mass is 14.4. The van der Waals surface area contributed by atoms with Gasteiger partial charge in [-0.3, -0.25) is 0 Å². The van der Waals surface area contributed by atoms with Crippen molar-refractivity contribution < 1.29 is 0 Å². The zero-order valence-electron chi connectivity index (χ0n) is 9.22. The lowest BCUT2D eigenvalue weighted by Crippen LogP contribution is -1.93. The highest BCUT2D eigenvalue weighted by Crippen LogP contribution is 2.14. The Labute approximate surface area is 82.0 Å². The van der Waals surface area contributed by atoms with Crippen LogP contribution in [0.1, 0.15) is 30.5 Å². The van der Waals surface area contributed by atoms with Gasteiger partial charge in [-0.25, -0.2) is 0 Å². The van der Waals surface area contributed by atoms with Crippen molar-refractivity contribution in [2.75, 3.05) is 7.05 Å². The normalized spacial score (nSPS) is 9.00. The average Bonchev–Trinajstić information content (AvgIpc) is 2.20. The standard InChI is InChI=1S/C11H16.CH5N/c1-4-10-8-6-7-9(3)11(10)5-2;1-2/h6-8H,4-5H2,1-3H3;2H2,1H3. The summed E-state index contributed by atoms with van der Waals surface area (Å²) in [4.78, 5) is 0. The number of hydrogen-bond donors (Lipinski definition) is 1. The van der Waals surface area contributed by atoms with E-state index in [1.54, 1.807) is 0 Å². The Balaban J connectivity index is 0.000000671. The molecule has 1 aromatic carbocycles. The molecule has 0 saturated carbocycles. The molecule has 0 aliphatic rings. The molecule has 1 rings (SSSR count). The zero-order valence-corrected chi connectivity index (χ0v) is 9.22. The highest BCUT2D eigenvalue weighted by molar-refractivity contribution is 5.34. The molecule has 0 amide bonds. The molecule has 0 atom stereocenters. The van der Waals surface area contributed by atoms with Gasteiger partial charge < -0.3 is 5.73 Å². The summed E-state index contributed by atoms with van der Waals surface area (Å²) in [5.74, 6) is 0. The maximum Gasteiger partial charge on any atom is -0.0195 e. The van der Waals surface area contributed by atoms with Gasteiger partial charge >= 0.3 is 0 Å². The van der Waals surface area contributed by atoms with Gasteiger partial charge in [-0.05, 0) is 43.5 Å². The van der Waals surface area contributed by atoms with E-state index >= 15 is 0 Å². The highest BCUT2D eigenvalue weighted by Gasteiger charge is 1.99. The van der Waals surface area contributed by atoms with Crippen LogP contribution in [0, 0.1) is 6.92 Å². The first kappa shape index (κ1) is 12.2. The molecule has 0 heterocycles. The fourth-order valence-corrected chi connectivity index (χ4v) is 1.60. The molecule has 0 aromatic heterocycles. The molecular formula is C12H21N. The SMILES string of the molecule is CCc1cccc(C)c1CC.CN. The lowest BCUT2D eigenvalue weighted by atomic mass is 9.98. The molecule has 0 bridgehead atoms. The van der Waals surface area contributed by atoms with E-state index in [9.17, 15) is 0 Å². The minimum Gasteiger partial charge on any atom is -0.333 e. The van der Waals surface area contributed by atoms with Gasteiger partial charge in [0, 0.05) is 0 Å². The second-order valence-electron chi connectivity index (χ2n) is 2.92. The minimum absolute atomic E-state index is 1.16. The van der Waals surface area contributed by atoms with Crippen molar-refractivity contribution in [3.05, 3.63) is 34.9 Å². The van der Waals surface area contributed by atoms with Gasteiger partial charge in [-0.15, -0.1) is 0 Å². The summed E-state index contributed by atoms with van der Waals surface area (Å²) < 4.78 is 0. The van der Waals surface area contributed by atoms with E-state index in [2.05, 4.69) is 44.7 Å². The molecule has 13 heavy (non-hydrogen) atoms. The Kier molecular flexibility index (Phi) is 6.25. The Morgan fingerprint density at radius 3 is 2.08 bits per heavy atom. The van der Waals surface area contributed by atoms with Crippen LogP contribution in [0.15, 0.2) is 18.2 Å². The monoisotopic (exact) mass is 179 g/mol. The Hall–Kier alpha value is -0.820. The van der Waals surface area contributed by atoms with Crippen LogP contribution >= 0.6 is 0 Å². The molecule has 0 spiro atoms. The molecule has 0 aliphatic carbocycles. The summed E-state index contributed by atoms with van der Waals surface area (Å²) in [6.07, 6.45) is 2.32. The molecule has 0 radical (unpaired) electrons. The van der Waals surface area contributed by atoms with Crippen molar-refractivity contribution in [3.8, 4) is 0 Å². The molecule has 1 heteroatoms. The fourth-order valence-electron chi connectivity index (χ4n) is 1.60. The van der Waals surface area contributed by atoms with Crippen molar-refractivity contribution >= 4 is 0 Å². The first-order chi connectivity index (χ1) is 6.29. The molecule has 0 unspecified atom stereocenters. The zero-order chi connectivity index (χ0) is 10.3. The largest absolute Gasteiger partial charge is 0.333 e. The minimum atomic E-state index is 1.16. The van der Waals surface area contributed by atoms with Crippen LogP contribution in [-0.2, 0) is 12.8 Å². The molecule has 1 aromatic rings. The Morgan fingerprint density at radius 1 is 1.08 bits per heavy atom. The lowest BCUT2D eigenvalue weighted by Gasteiger charge is -2.07. The van der Waals surface area contributed by atoms with E-state index in [4.69, 9.17) is 0 Å². The number of rotatable bonds is 2. The van der Waals surface area contributed by atoms with E-state index in [1.807, 2.05) is 0 Å². The second kappa shape index (κ2) is 6.67. The van der Waals surface area contributed by atoms with Gasteiger partial charge in [0.2, 0.25) is 0 Å². The summed E-state index contributed by atoms with van der Waals surface area (Å²) in [6, 6.07) is 6.57. The first-order valence-electron chi connectivity index (χ1n) is 4.94. The van der Waals surface area contributed by atoms with Crippen LogP contribution in [-0.4, -0.2) is 7.05 Å². The number of nitrogens with two attached hydrogens (primary N) is 1. The van der Waals surface area contributed by atoms with Gasteiger partial charge in [0.25, 0.3) is 0 Å². The number of aryl methyl sites for hydroxylation is 2. The van der Waals surface area contributed by atoms with Crippen LogP contribution in [0.25, 0.3) is 0 Å². The topological polar surface area (TPSA) is 26.0 Å². The van der Waals surface area contributed by atoms with Gasteiger partial charge in [-0.1, -0.05) is 32.0 Å². The number of hydrogen-bond acceptors (Lipinski definition) is 1. The summed E-state index contributed by atoms with van der Waals surface area (Å²) >= 11 is 0. The maximum atomic E-state index is 4.50. The van der Waals surface area contributed by atoms with Crippen molar-refractivity contribution in [2.24, 2.45) is 5.73 Å². The van der Waals surface area contributed by atoms with E-state index < -0.39 is 0 Å². The van der Waals surface area contributed by atoms with Gasteiger partial charge in [0.15, 0.2) is 0 Å². The van der Waals surface area contributed by atoms with E-state index in [0.717, 1.165) is 12.8 Å². The summed E-state index contributed by atoms with van der Waals surface area (Å²) in [7, 11) is 1.50. The Bertz CT molecular complexity index is 241. The van der Waals surface area contributed by atoms with Crippen LogP contribution in [0.4, 0.5) is 0 Å². The van der Waals surface area contributed by atoms with Crippen LogP contribution in [0.2, 0.25) is 0 Å². The molecule has 1 nitrogen and oxygen atoms in total. The fraction of sp³-hybridized carbons (Fsp3) is 0.500. The van der Waals surface area contributed by atoms with Crippen molar-refractivity contribution in [1.82, 2.24) is 0 Å². The molecule has 0 aliphatic heterocycles. The predicted octanol–water partition coefficient (Wildman–Crippen LogP) is 2.69. The average molecular weight is 179 g/mol. The van der Waals surface area contributed by atoms with Crippen molar-refractivity contribution in [1.29, 1.82) is 0 Å². The maximum absolute atomic E-state index is 4.50. The van der Waals surface area contributed by atoms with Crippen LogP contribution < -0.4 is 5.73 Å². The molecule has 0 saturated heterocycles. The quantitative estimate of drug-likeness (QED) is 0.742. The van der Waals surface area contributed by atoms with E-state index in [1.165, 1.54) is 23.7 Å². The van der Waals surface area contributed by atoms with E-state index in [0.29, 0.717) is 0 Å². The summed E-state index contributed by atoms with van der Waals surface area (Å²) in [5, 5.41) is 0. The van der Waals surface area contributed by atoms with Gasteiger partial charge in [0.1, 0.15) is 0 Å². The molecule has 2 N–H and O–H groups in total. The summed E-state index contributed by atoms with van der Waals surface area (Å²) in [5.41, 5.74) is 8.98. The van der Waals surface area contributed by atoms with Crippen LogP contribution in [0.5, 0.6) is 0 Å². The molecule has 74 valence electrons. The van der Waals surface area contributed by atoms with Crippen molar-refractivity contribution in [2.45, 2.75) is 33.6 Å². The molecule has 0 fully saturated rings.